The fraction of sp³-hybridized carbons (Fsp3) is 0.316. The molecule has 6 nitrogen and oxygen atoms in total. The van der Waals surface area contributed by atoms with E-state index in [1.54, 1.807) is 0 Å². The molecule has 0 fully saturated rings. The smallest absolute Gasteiger partial charge is 0.416 e. The van der Waals surface area contributed by atoms with Gasteiger partial charge in [-0.2, -0.15) is 26.3 Å². The Morgan fingerprint density at radius 3 is 2.10 bits per heavy atom. The van der Waals surface area contributed by atoms with Crippen LogP contribution in [-0.2, 0) is 28.3 Å². The van der Waals surface area contributed by atoms with Crippen molar-refractivity contribution in [1.82, 2.24) is 10.3 Å². The van der Waals surface area contributed by atoms with Gasteiger partial charge < -0.3 is 14.8 Å². The van der Waals surface area contributed by atoms with Gasteiger partial charge in [-0.1, -0.05) is 6.07 Å². The molecule has 0 saturated heterocycles. The zero-order chi connectivity index (χ0) is 23.4. The average Bonchev–Trinajstić information content (AvgIpc) is 2.71. The van der Waals surface area contributed by atoms with Gasteiger partial charge in [-0.05, 0) is 24.3 Å². The van der Waals surface area contributed by atoms with Crippen molar-refractivity contribution < 1.29 is 45.4 Å². The largest absolute Gasteiger partial charge is 0.481 e. The van der Waals surface area contributed by atoms with Crippen molar-refractivity contribution in [3.05, 3.63) is 58.8 Å². The van der Waals surface area contributed by atoms with Crippen LogP contribution in [0.2, 0.25) is 0 Å². The molecule has 1 heterocycles. The van der Waals surface area contributed by atoms with E-state index in [0.717, 1.165) is 7.11 Å². The number of aromatic nitrogens is 1. The van der Waals surface area contributed by atoms with Gasteiger partial charge >= 0.3 is 18.3 Å². The van der Waals surface area contributed by atoms with Crippen LogP contribution in [0.15, 0.2) is 36.5 Å². The third-order valence-corrected chi connectivity index (χ3v) is 4.11. The summed E-state index contributed by atoms with van der Waals surface area (Å²) in [5.74, 6) is -2.18. The number of carbonyl (C=O) groups is 2. The molecule has 2 rings (SSSR count). The summed E-state index contributed by atoms with van der Waals surface area (Å²) >= 11 is 0. The molecule has 1 amide bonds. The van der Waals surface area contributed by atoms with Crippen molar-refractivity contribution >= 4 is 11.9 Å². The van der Waals surface area contributed by atoms with Gasteiger partial charge in [0.1, 0.15) is 6.04 Å². The van der Waals surface area contributed by atoms with E-state index in [0.29, 0.717) is 5.56 Å². The van der Waals surface area contributed by atoms with Crippen LogP contribution >= 0.6 is 0 Å². The standard InChI is InChI=1S/C19H16F6N2O4/c1-30-16-10(4-3-5-26-16)8-14(17(29)31-2)27-15(28)11-6-12(18(20,21)22)9-13(7-11)19(23,24)25/h3-7,9,14H,8H2,1-2H3,(H,27,28)/t14-/m0/s1. The van der Waals surface area contributed by atoms with E-state index < -0.39 is 47.0 Å². The summed E-state index contributed by atoms with van der Waals surface area (Å²) in [5.41, 5.74) is -3.89. The molecule has 168 valence electrons. The number of hydrogen-bond acceptors (Lipinski definition) is 5. The minimum Gasteiger partial charge on any atom is -0.481 e. The van der Waals surface area contributed by atoms with Crippen LogP contribution in [0.4, 0.5) is 26.3 Å². The van der Waals surface area contributed by atoms with E-state index in [4.69, 9.17) is 4.74 Å². The summed E-state index contributed by atoms with van der Waals surface area (Å²) in [6.45, 7) is 0. The number of pyridine rings is 1. The van der Waals surface area contributed by atoms with Crippen LogP contribution in [0.3, 0.4) is 0 Å². The fourth-order valence-electron chi connectivity index (χ4n) is 2.65. The number of esters is 1. The first-order chi connectivity index (χ1) is 14.4. The van der Waals surface area contributed by atoms with E-state index in [9.17, 15) is 35.9 Å². The van der Waals surface area contributed by atoms with Gasteiger partial charge in [-0.3, -0.25) is 4.79 Å². The van der Waals surface area contributed by atoms with Gasteiger partial charge in [0.15, 0.2) is 0 Å². The lowest BCUT2D eigenvalue weighted by Crippen LogP contribution is -2.43. The summed E-state index contributed by atoms with van der Waals surface area (Å²) in [4.78, 5) is 28.5. The average molecular weight is 450 g/mol. The summed E-state index contributed by atoms with van der Waals surface area (Å²) in [7, 11) is 2.31. The van der Waals surface area contributed by atoms with Crippen molar-refractivity contribution in [1.29, 1.82) is 0 Å². The molecule has 1 N–H and O–H groups in total. The van der Waals surface area contributed by atoms with Crippen LogP contribution < -0.4 is 10.1 Å². The highest BCUT2D eigenvalue weighted by Gasteiger charge is 2.38. The Kier molecular flexibility index (Phi) is 7.13. The van der Waals surface area contributed by atoms with E-state index in [2.05, 4.69) is 15.0 Å². The van der Waals surface area contributed by atoms with E-state index >= 15 is 0 Å². The molecule has 12 heteroatoms. The Hall–Kier alpha value is -3.31. The number of rotatable bonds is 6. The maximum Gasteiger partial charge on any atom is 0.416 e. The molecule has 0 unspecified atom stereocenters. The van der Waals surface area contributed by atoms with Crippen molar-refractivity contribution in [3.8, 4) is 5.88 Å². The highest BCUT2D eigenvalue weighted by Crippen LogP contribution is 2.36. The van der Waals surface area contributed by atoms with Gasteiger partial charge in [0.2, 0.25) is 5.88 Å². The summed E-state index contributed by atoms with van der Waals surface area (Å²) in [6, 6.07) is 2.03. The second-order valence-electron chi connectivity index (χ2n) is 6.22. The quantitative estimate of drug-likeness (QED) is 0.537. The first kappa shape index (κ1) is 24.0. The Balaban J connectivity index is 2.40. The Bertz CT molecular complexity index is 927. The van der Waals surface area contributed by atoms with Gasteiger partial charge in [0, 0.05) is 23.7 Å². The molecule has 0 aliphatic carbocycles. The lowest BCUT2D eigenvalue weighted by Gasteiger charge is -2.19. The van der Waals surface area contributed by atoms with Crippen molar-refractivity contribution in [2.24, 2.45) is 0 Å². The molecular weight excluding hydrogens is 434 g/mol. The summed E-state index contributed by atoms with van der Waals surface area (Å²) in [5, 5.41) is 2.11. The van der Waals surface area contributed by atoms with Crippen LogP contribution in [0, 0.1) is 0 Å². The molecule has 0 aliphatic rings. The lowest BCUT2D eigenvalue weighted by atomic mass is 10.0. The zero-order valence-electron chi connectivity index (χ0n) is 16.1. The van der Waals surface area contributed by atoms with Crippen molar-refractivity contribution in [2.75, 3.05) is 14.2 Å². The van der Waals surface area contributed by atoms with Gasteiger partial charge in [0.25, 0.3) is 5.91 Å². The van der Waals surface area contributed by atoms with Crippen LogP contribution in [0.25, 0.3) is 0 Å². The molecule has 0 aliphatic heterocycles. The molecule has 2 aromatic rings. The summed E-state index contributed by atoms with van der Waals surface area (Å²) < 4.78 is 87.7. The predicted molar refractivity (Wildman–Crippen MR) is 94.2 cm³/mol. The summed E-state index contributed by atoms with van der Waals surface area (Å²) in [6.07, 6.45) is -9.09. The lowest BCUT2D eigenvalue weighted by molar-refractivity contribution is -0.144. The number of benzene rings is 1. The van der Waals surface area contributed by atoms with Crippen molar-refractivity contribution in [3.63, 3.8) is 0 Å². The first-order valence-electron chi connectivity index (χ1n) is 8.53. The third-order valence-electron chi connectivity index (χ3n) is 4.11. The minimum absolute atomic E-state index is 0.102. The van der Waals surface area contributed by atoms with Crippen LogP contribution in [0.1, 0.15) is 27.0 Å². The number of amides is 1. The van der Waals surface area contributed by atoms with Gasteiger partial charge in [0.05, 0.1) is 25.3 Å². The number of nitrogens with one attached hydrogen (secondary N) is 1. The first-order valence-corrected chi connectivity index (χ1v) is 8.53. The maximum atomic E-state index is 13.0. The monoisotopic (exact) mass is 450 g/mol. The molecule has 31 heavy (non-hydrogen) atoms. The molecule has 0 radical (unpaired) electrons. The molecular formula is C19H16F6N2O4. The number of ether oxygens (including phenoxy) is 2. The topological polar surface area (TPSA) is 77.5 Å². The fourth-order valence-corrected chi connectivity index (χ4v) is 2.65. The van der Waals surface area contributed by atoms with E-state index in [-0.39, 0.29) is 30.5 Å². The highest BCUT2D eigenvalue weighted by molar-refractivity contribution is 5.97. The Labute approximate surface area is 172 Å². The SMILES string of the molecule is COC(=O)[C@H](Cc1cccnc1OC)NC(=O)c1cc(C(F)(F)F)cc(C(F)(F)F)c1. The minimum atomic E-state index is -5.12. The van der Waals surface area contributed by atoms with E-state index in [1.165, 1.54) is 25.4 Å². The zero-order valence-corrected chi connectivity index (χ0v) is 16.1. The Morgan fingerprint density at radius 1 is 1.03 bits per heavy atom. The molecule has 1 aromatic carbocycles. The predicted octanol–water partition coefficient (Wildman–Crippen LogP) is 3.64. The molecule has 0 bridgehead atoms. The van der Waals surface area contributed by atoms with Gasteiger partial charge in [-0.25, -0.2) is 9.78 Å². The van der Waals surface area contributed by atoms with Crippen LogP contribution in [-0.4, -0.2) is 37.1 Å². The maximum absolute atomic E-state index is 13.0. The highest BCUT2D eigenvalue weighted by atomic mass is 19.4. The van der Waals surface area contributed by atoms with Gasteiger partial charge in [-0.15, -0.1) is 0 Å². The molecule has 0 spiro atoms. The number of carbonyl (C=O) groups excluding carboxylic acids is 2. The number of halogens is 6. The molecule has 0 saturated carbocycles. The Morgan fingerprint density at radius 2 is 1.61 bits per heavy atom. The second-order valence-corrected chi connectivity index (χ2v) is 6.22. The normalized spacial score (nSPS) is 12.8. The second kappa shape index (κ2) is 9.23. The number of nitrogens with zero attached hydrogens (tertiary/aromatic N) is 1. The third kappa shape index (κ3) is 6.09. The molecule has 1 atom stereocenters. The number of alkyl halides is 6. The van der Waals surface area contributed by atoms with Crippen molar-refractivity contribution in [2.45, 2.75) is 24.8 Å². The van der Waals surface area contributed by atoms with E-state index in [1.807, 2.05) is 0 Å². The molecule has 1 aromatic heterocycles. The van der Waals surface area contributed by atoms with Crippen LogP contribution in [0.5, 0.6) is 5.88 Å². The number of hydrogen-bond donors (Lipinski definition) is 1. The number of methoxy groups -OCH3 is 2.